The number of nitrogens with one attached hydrogen (secondary N) is 1. The average molecular weight is 284 g/mol. The molecule has 2 aromatic rings. The summed E-state index contributed by atoms with van der Waals surface area (Å²) in [4.78, 5) is 15.5. The first-order chi connectivity index (χ1) is 8.99. The fourth-order valence-electron chi connectivity index (χ4n) is 1.52. The predicted octanol–water partition coefficient (Wildman–Crippen LogP) is 3.04. The van der Waals surface area contributed by atoms with Crippen molar-refractivity contribution >= 4 is 23.0 Å². The molecule has 19 heavy (non-hydrogen) atoms. The van der Waals surface area contributed by atoms with Gasteiger partial charge in [0.05, 0.1) is 22.8 Å². The topological polar surface area (TPSA) is 62.2 Å². The summed E-state index contributed by atoms with van der Waals surface area (Å²) in [6.07, 6.45) is 1.65. The van der Waals surface area contributed by atoms with Crippen LogP contribution in [-0.4, -0.2) is 16.1 Å². The third-order valence-electron chi connectivity index (χ3n) is 2.43. The number of anilines is 1. The molecule has 0 saturated heterocycles. The lowest BCUT2D eigenvalue weighted by Crippen LogP contribution is -2.07. The van der Waals surface area contributed by atoms with E-state index in [4.69, 9.17) is 5.11 Å². The van der Waals surface area contributed by atoms with Crippen LogP contribution in [0.25, 0.3) is 0 Å². The molecular formula is C12H10F2N2O2S. The summed E-state index contributed by atoms with van der Waals surface area (Å²) in [7, 11) is 0. The Bertz CT molecular complexity index is 628. The van der Waals surface area contributed by atoms with Crippen LogP contribution in [0.3, 0.4) is 0 Å². The molecule has 1 heterocycles. The molecule has 0 unspecified atom stereocenters. The van der Waals surface area contributed by atoms with Crippen LogP contribution in [-0.2, 0) is 6.54 Å². The fourth-order valence-corrected chi connectivity index (χ4v) is 2.26. The maximum absolute atomic E-state index is 13.6. The molecule has 1 aromatic heterocycles. The van der Waals surface area contributed by atoms with E-state index >= 15 is 0 Å². The number of carbonyl (C=O) groups is 1. The summed E-state index contributed by atoms with van der Waals surface area (Å²) in [6, 6.07) is 2.23. The van der Waals surface area contributed by atoms with Crippen LogP contribution in [0.5, 0.6) is 0 Å². The number of carboxylic acid groups (broad SMARTS) is 1. The van der Waals surface area contributed by atoms with Gasteiger partial charge in [-0.05, 0) is 19.1 Å². The van der Waals surface area contributed by atoms with E-state index in [2.05, 4.69) is 10.3 Å². The number of nitrogens with zero attached hydrogens (tertiary/aromatic N) is 1. The Morgan fingerprint density at radius 1 is 1.42 bits per heavy atom. The van der Waals surface area contributed by atoms with E-state index < -0.39 is 23.2 Å². The van der Waals surface area contributed by atoms with Crippen molar-refractivity contribution in [2.45, 2.75) is 13.5 Å². The Morgan fingerprint density at radius 2 is 2.16 bits per heavy atom. The molecule has 0 radical (unpaired) electrons. The summed E-state index contributed by atoms with van der Waals surface area (Å²) in [5.41, 5.74) is -0.759. The summed E-state index contributed by atoms with van der Waals surface area (Å²) < 4.78 is 27.1. The highest BCUT2D eigenvalue weighted by Crippen LogP contribution is 2.22. The maximum atomic E-state index is 13.6. The quantitative estimate of drug-likeness (QED) is 0.906. The highest BCUT2D eigenvalue weighted by Gasteiger charge is 2.17. The van der Waals surface area contributed by atoms with Crippen molar-refractivity contribution in [3.63, 3.8) is 0 Å². The van der Waals surface area contributed by atoms with Gasteiger partial charge in [0.15, 0.2) is 11.6 Å². The van der Waals surface area contributed by atoms with Crippen molar-refractivity contribution in [3.8, 4) is 0 Å². The number of rotatable bonds is 4. The van der Waals surface area contributed by atoms with Gasteiger partial charge in [0.25, 0.3) is 0 Å². The van der Waals surface area contributed by atoms with Gasteiger partial charge in [-0.2, -0.15) is 0 Å². The molecule has 0 atom stereocenters. The highest BCUT2D eigenvalue weighted by atomic mass is 32.1. The highest BCUT2D eigenvalue weighted by molar-refractivity contribution is 7.11. The van der Waals surface area contributed by atoms with Crippen molar-refractivity contribution in [1.29, 1.82) is 0 Å². The first-order valence-electron chi connectivity index (χ1n) is 5.35. The number of halogens is 2. The van der Waals surface area contributed by atoms with Crippen LogP contribution in [0.2, 0.25) is 0 Å². The lowest BCUT2D eigenvalue weighted by molar-refractivity contribution is 0.0690. The molecule has 4 nitrogen and oxygen atoms in total. The third kappa shape index (κ3) is 2.87. The van der Waals surface area contributed by atoms with Crippen LogP contribution in [0, 0.1) is 18.6 Å². The lowest BCUT2D eigenvalue weighted by atomic mass is 10.2. The van der Waals surface area contributed by atoms with Gasteiger partial charge in [0.2, 0.25) is 0 Å². The fraction of sp³-hybridized carbons (Fsp3) is 0.167. The van der Waals surface area contributed by atoms with Crippen molar-refractivity contribution in [3.05, 3.63) is 45.4 Å². The summed E-state index contributed by atoms with van der Waals surface area (Å²) in [5.74, 6) is -4.06. The van der Waals surface area contributed by atoms with Gasteiger partial charge in [-0.15, -0.1) is 11.3 Å². The molecule has 0 aliphatic carbocycles. The Balaban J connectivity index is 2.17. The molecule has 7 heteroatoms. The van der Waals surface area contributed by atoms with Gasteiger partial charge in [0.1, 0.15) is 0 Å². The van der Waals surface area contributed by atoms with Crippen molar-refractivity contribution < 1.29 is 18.7 Å². The van der Waals surface area contributed by atoms with E-state index in [1.807, 2.05) is 6.92 Å². The zero-order chi connectivity index (χ0) is 14.0. The number of aromatic carboxylic acids is 1. The molecule has 0 fully saturated rings. The smallest absolute Gasteiger partial charge is 0.338 e. The maximum Gasteiger partial charge on any atom is 0.338 e. The molecule has 1 aromatic carbocycles. The molecule has 0 spiro atoms. The molecular weight excluding hydrogens is 274 g/mol. The average Bonchev–Trinajstić information content (AvgIpc) is 2.76. The Kier molecular flexibility index (Phi) is 3.75. The third-order valence-corrected chi connectivity index (χ3v) is 3.35. The molecule has 0 aliphatic rings. The standard InChI is InChI=1S/C12H10F2N2O2S/c1-6-15-4-7(19-6)5-16-9-3-2-8(12(17)18)10(13)11(9)14/h2-4,16H,5H2,1H3,(H,17,18). The molecule has 0 amide bonds. The van der Waals surface area contributed by atoms with Crippen molar-refractivity contribution in [2.24, 2.45) is 0 Å². The molecule has 0 aliphatic heterocycles. The van der Waals surface area contributed by atoms with Gasteiger partial charge < -0.3 is 10.4 Å². The number of aromatic nitrogens is 1. The second kappa shape index (κ2) is 5.31. The number of carboxylic acids is 1. The minimum Gasteiger partial charge on any atom is -0.478 e. The Morgan fingerprint density at radius 3 is 2.74 bits per heavy atom. The molecule has 100 valence electrons. The van der Waals surface area contributed by atoms with Gasteiger partial charge in [-0.25, -0.2) is 18.6 Å². The second-order valence-electron chi connectivity index (χ2n) is 3.79. The number of aryl methyl sites for hydroxylation is 1. The predicted molar refractivity (Wildman–Crippen MR) is 67.5 cm³/mol. The normalized spacial score (nSPS) is 10.5. The minimum atomic E-state index is -1.50. The van der Waals surface area contributed by atoms with E-state index in [-0.39, 0.29) is 5.69 Å². The molecule has 0 saturated carbocycles. The zero-order valence-corrected chi connectivity index (χ0v) is 10.7. The van der Waals surface area contributed by atoms with Crippen LogP contribution >= 0.6 is 11.3 Å². The van der Waals surface area contributed by atoms with Crippen LogP contribution < -0.4 is 5.32 Å². The van der Waals surface area contributed by atoms with Crippen LogP contribution in [0.15, 0.2) is 18.3 Å². The van der Waals surface area contributed by atoms with Gasteiger partial charge in [-0.3, -0.25) is 0 Å². The molecule has 2 N–H and O–H groups in total. The van der Waals surface area contributed by atoms with Crippen molar-refractivity contribution in [2.75, 3.05) is 5.32 Å². The number of hydrogen-bond donors (Lipinski definition) is 2. The summed E-state index contributed by atoms with van der Waals surface area (Å²) in [6.45, 7) is 2.14. The van der Waals surface area contributed by atoms with Gasteiger partial charge in [0, 0.05) is 11.1 Å². The Hall–Kier alpha value is -2.02. The number of hydrogen-bond acceptors (Lipinski definition) is 4. The molecule has 0 bridgehead atoms. The summed E-state index contributed by atoms with van der Waals surface area (Å²) >= 11 is 1.44. The number of benzene rings is 1. The largest absolute Gasteiger partial charge is 0.478 e. The van der Waals surface area contributed by atoms with Crippen LogP contribution in [0.1, 0.15) is 20.2 Å². The van der Waals surface area contributed by atoms with E-state index in [1.165, 1.54) is 17.4 Å². The van der Waals surface area contributed by atoms with E-state index in [0.29, 0.717) is 6.54 Å². The van der Waals surface area contributed by atoms with Gasteiger partial charge in [-0.1, -0.05) is 0 Å². The first-order valence-corrected chi connectivity index (χ1v) is 6.17. The van der Waals surface area contributed by atoms with Crippen molar-refractivity contribution in [1.82, 2.24) is 4.98 Å². The second-order valence-corrected chi connectivity index (χ2v) is 5.11. The lowest BCUT2D eigenvalue weighted by Gasteiger charge is -2.08. The van der Waals surface area contributed by atoms with E-state index in [0.717, 1.165) is 16.0 Å². The SMILES string of the molecule is Cc1ncc(CNc2ccc(C(=O)O)c(F)c2F)s1. The first kappa shape index (κ1) is 13.4. The molecule has 2 rings (SSSR count). The van der Waals surface area contributed by atoms with E-state index in [9.17, 15) is 13.6 Å². The number of thiazole rings is 1. The zero-order valence-electron chi connectivity index (χ0n) is 9.91. The summed E-state index contributed by atoms with van der Waals surface area (Å²) in [5, 5.41) is 12.2. The van der Waals surface area contributed by atoms with Crippen LogP contribution in [0.4, 0.5) is 14.5 Å². The van der Waals surface area contributed by atoms with Gasteiger partial charge >= 0.3 is 5.97 Å². The van der Waals surface area contributed by atoms with E-state index in [1.54, 1.807) is 6.20 Å². The minimum absolute atomic E-state index is 0.0754. The monoisotopic (exact) mass is 284 g/mol. The Labute approximate surface area is 111 Å².